The van der Waals surface area contributed by atoms with Crippen LogP contribution in [0, 0.1) is 11.8 Å². The fourth-order valence-corrected chi connectivity index (χ4v) is 3.89. The topological polar surface area (TPSA) is 70.2 Å². The number of H-pyrrole nitrogens is 1. The number of hydrogen-bond donors (Lipinski definition) is 2. The zero-order valence-corrected chi connectivity index (χ0v) is 13.0. The van der Waals surface area contributed by atoms with Crippen LogP contribution in [0.1, 0.15) is 22.0 Å². The van der Waals surface area contributed by atoms with E-state index in [1.165, 1.54) is 5.56 Å². The molecule has 2 saturated heterocycles. The number of methoxy groups -OCH3 is 1. The molecule has 0 aliphatic carbocycles. The van der Waals surface area contributed by atoms with Crippen LogP contribution in [0.2, 0.25) is 0 Å². The minimum atomic E-state index is 0.0500. The van der Waals surface area contributed by atoms with Gasteiger partial charge in [0.25, 0.3) is 5.91 Å². The third-order valence-electron chi connectivity index (χ3n) is 5.03. The third-order valence-corrected chi connectivity index (χ3v) is 5.03. The molecule has 23 heavy (non-hydrogen) atoms. The lowest BCUT2D eigenvalue weighted by Crippen LogP contribution is -2.34. The SMILES string of the molecule is COc1ccc([C@H]2[C@H]3CNC[C@H]3CN2C(=O)c2cn[nH]c2)cc1. The van der Waals surface area contributed by atoms with E-state index in [0.29, 0.717) is 17.4 Å². The predicted octanol–water partition coefficient (Wildman–Crippen LogP) is 1.45. The lowest BCUT2D eigenvalue weighted by Gasteiger charge is -2.28. The van der Waals surface area contributed by atoms with Gasteiger partial charge in [0, 0.05) is 31.7 Å². The molecule has 1 aromatic carbocycles. The number of amides is 1. The molecule has 2 N–H and O–H groups in total. The van der Waals surface area contributed by atoms with Crippen LogP contribution in [0.5, 0.6) is 5.75 Å². The van der Waals surface area contributed by atoms with Crippen LogP contribution in [0.3, 0.4) is 0 Å². The van der Waals surface area contributed by atoms with Gasteiger partial charge >= 0.3 is 0 Å². The summed E-state index contributed by atoms with van der Waals surface area (Å²) in [6.45, 7) is 2.72. The summed E-state index contributed by atoms with van der Waals surface area (Å²) in [5.74, 6) is 1.85. The molecule has 0 unspecified atom stereocenters. The number of aromatic amines is 1. The molecule has 0 spiro atoms. The molecule has 1 aromatic heterocycles. The van der Waals surface area contributed by atoms with Crippen molar-refractivity contribution in [1.29, 1.82) is 0 Å². The average molecular weight is 312 g/mol. The summed E-state index contributed by atoms with van der Waals surface area (Å²) in [7, 11) is 1.66. The number of nitrogens with zero attached hydrogens (tertiary/aromatic N) is 2. The number of hydrogen-bond acceptors (Lipinski definition) is 4. The largest absolute Gasteiger partial charge is 0.497 e. The number of nitrogens with one attached hydrogen (secondary N) is 2. The van der Waals surface area contributed by atoms with Gasteiger partial charge < -0.3 is 15.0 Å². The lowest BCUT2D eigenvalue weighted by atomic mass is 9.89. The average Bonchev–Trinajstić information content (AvgIpc) is 3.30. The lowest BCUT2D eigenvalue weighted by molar-refractivity contribution is 0.0714. The van der Waals surface area contributed by atoms with Gasteiger partial charge in [-0.3, -0.25) is 9.89 Å². The van der Waals surface area contributed by atoms with E-state index in [0.717, 1.165) is 25.4 Å². The summed E-state index contributed by atoms with van der Waals surface area (Å²) in [6, 6.07) is 8.17. The Bertz CT molecular complexity index is 683. The number of carbonyl (C=O) groups excluding carboxylic acids is 1. The van der Waals surface area contributed by atoms with E-state index in [1.807, 2.05) is 17.0 Å². The van der Waals surface area contributed by atoms with E-state index < -0.39 is 0 Å². The molecule has 0 bridgehead atoms. The maximum Gasteiger partial charge on any atom is 0.257 e. The molecule has 3 heterocycles. The molecule has 3 atom stereocenters. The molecule has 4 rings (SSSR count). The van der Waals surface area contributed by atoms with Crippen molar-refractivity contribution in [2.75, 3.05) is 26.7 Å². The second-order valence-electron chi connectivity index (χ2n) is 6.24. The summed E-state index contributed by atoms with van der Waals surface area (Å²) in [5.41, 5.74) is 1.79. The molecule has 6 nitrogen and oxygen atoms in total. The highest BCUT2D eigenvalue weighted by atomic mass is 16.5. The van der Waals surface area contributed by atoms with Crippen LogP contribution in [-0.4, -0.2) is 47.7 Å². The number of likely N-dealkylation sites (tertiary alicyclic amines) is 1. The molecule has 2 aromatic rings. The van der Waals surface area contributed by atoms with E-state index in [9.17, 15) is 4.79 Å². The molecule has 0 saturated carbocycles. The summed E-state index contributed by atoms with van der Waals surface area (Å²) in [5, 5.41) is 10.1. The third kappa shape index (κ3) is 2.39. The van der Waals surface area contributed by atoms with Crippen LogP contribution in [-0.2, 0) is 0 Å². The number of aromatic nitrogens is 2. The van der Waals surface area contributed by atoms with E-state index in [-0.39, 0.29) is 11.9 Å². The number of fused-ring (bicyclic) bond motifs is 1. The van der Waals surface area contributed by atoms with Gasteiger partial charge in [-0.15, -0.1) is 0 Å². The second kappa shape index (κ2) is 5.70. The minimum Gasteiger partial charge on any atom is -0.497 e. The van der Waals surface area contributed by atoms with Crippen molar-refractivity contribution in [2.45, 2.75) is 6.04 Å². The van der Waals surface area contributed by atoms with E-state index in [1.54, 1.807) is 19.5 Å². The highest BCUT2D eigenvalue weighted by molar-refractivity contribution is 5.94. The Balaban J connectivity index is 1.68. The van der Waals surface area contributed by atoms with Gasteiger partial charge in [-0.05, 0) is 23.6 Å². The first-order valence-corrected chi connectivity index (χ1v) is 7.92. The summed E-state index contributed by atoms with van der Waals surface area (Å²) in [4.78, 5) is 14.9. The van der Waals surface area contributed by atoms with Crippen molar-refractivity contribution in [3.05, 3.63) is 47.8 Å². The molecule has 1 amide bonds. The monoisotopic (exact) mass is 312 g/mol. The maximum atomic E-state index is 12.9. The molecule has 6 heteroatoms. The van der Waals surface area contributed by atoms with Crippen molar-refractivity contribution in [3.63, 3.8) is 0 Å². The molecular weight excluding hydrogens is 292 g/mol. The van der Waals surface area contributed by atoms with Crippen molar-refractivity contribution in [3.8, 4) is 5.75 Å². The van der Waals surface area contributed by atoms with Crippen molar-refractivity contribution < 1.29 is 9.53 Å². The Morgan fingerprint density at radius 2 is 2.13 bits per heavy atom. The highest BCUT2D eigenvalue weighted by Crippen LogP contribution is 2.43. The Kier molecular flexibility index (Phi) is 3.53. The molecule has 2 aliphatic heterocycles. The zero-order chi connectivity index (χ0) is 15.8. The van der Waals surface area contributed by atoms with Gasteiger partial charge in [-0.1, -0.05) is 12.1 Å². The quantitative estimate of drug-likeness (QED) is 0.900. The van der Waals surface area contributed by atoms with Crippen molar-refractivity contribution >= 4 is 5.91 Å². The first-order chi connectivity index (χ1) is 11.3. The van der Waals surface area contributed by atoms with Crippen LogP contribution in [0.25, 0.3) is 0 Å². The van der Waals surface area contributed by atoms with Gasteiger partial charge in [0.1, 0.15) is 5.75 Å². The normalized spacial score (nSPS) is 26.3. The van der Waals surface area contributed by atoms with Crippen molar-refractivity contribution in [1.82, 2.24) is 20.4 Å². The molecule has 2 fully saturated rings. The number of benzene rings is 1. The fraction of sp³-hybridized carbons (Fsp3) is 0.412. The van der Waals surface area contributed by atoms with Gasteiger partial charge in [0.15, 0.2) is 0 Å². The summed E-state index contributed by atoms with van der Waals surface area (Å²) in [6.07, 6.45) is 3.26. The zero-order valence-electron chi connectivity index (χ0n) is 13.0. The van der Waals surface area contributed by atoms with Crippen LogP contribution in [0.15, 0.2) is 36.7 Å². The number of carbonyl (C=O) groups is 1. The highest BCUT2D eigenvalue weighted by Gasteiger charge is 2.46. The molecule has 0 radical (unpaired) electrons. The smallest absolute Gasteiger partial charge is 0.257 e. The molecular formula is C17H20N4O2. The summed E-state index contributed by atoms with van der Waals surface area (Å²) >= 11 is 0. The summed E-state index contributed by atoms with van der Waals surface area (Å²) < 4.78 is 5.25. The number of rotatable bonds is 3. The van der Waals surface area contributed by atoms with E-state index in [4.69, 9.17) is 4.74 Å². The Morgan fingerprint density at radius 3 is 2.83 bits per heavy atom. The minimum absolute atomic E-state index is 0.0500. The predicted molar refractivity (Wildman–Crippen MR) is 85.2 cm³/mol. The van der Waals surface area contributed by atoms with Crippen LogP contribution >= 0.6 is 0 Å². The fourth-order valence-electron chi connectivity index (χ4n) is 3.89. The first kappa shape index (κ1) is 14.3. The van der Waals surface area contributed by atoms with Crippen LogP contribution < -0.4 is 10.1 Å². The molecule has 2 aliphatic rings. The maximum absolute atomic E-state index is 12.9. The van der Waals surface area contributed by atoms with Gasteiger partial charge in [-0.25, -0.2) is 0 Å². The Labute approximate surface area is 134 Å². The standard InChI is InChI=1S/C17H20N4O2/c1-23-14-4-2-11(3-5-14)16-15-9-18-6-13(15)10-21(16)17(22)12-7-19-20-8-12/h2-5,7-8,13,15-16,18H,6,9-10H2,1H3,(H,19,20)/t13-,15-,16-/m0/s1. The van der Waals surface area contributed by atoms with Gasteiger partial charge in [0.2, 0.25) is 0 Å². The second-order valence-corrected chi connectivity index (χ2v) is 6.24. The Hall–Kier alpha value is -2.34. The van der Waals surface area contributed by atoms with Crippen molar-refractivity contribution in [2.24, 2.45) is 11.8 Å². The van der Waals surface area contributed by atoms with E-state index >= 15 is 0 Å². The van der Waals surface area contributed by atoms with Gasteiger partial charge in [0.05, 0.1) is 24.9 Å². The number of ether oxygens (including phenoxy) is 1. The Morgan fingerprint density at radius 1 is 1.30 bits per heavy atom. The van der Waals surface area contributed by atoms with Gasteiger partial charge in [-0.2, -0.15) is 5.10 Å². The molecule has 120 valence electrons. The van der Waals surface area contributed by atoms with E-state index in [2.05, 4.69) is 27.6 Å². The van der Waals surface area contributed by atoms with Crippen LogP contribution in [0.4, 0.5) is 0 Å². The first-order valence-electron chi connectivity index (χ1n) is 7.92.